The molecule has 80 valence electrons. The number of nitrogens with zero attached hydrogens (tertiary/aromatic N) is 1. The molecule has 0 aromatic carbocycles. The maximum atomic E-state index is 5.43. The van der Waals surface area contributed by atoms with Gasteiger partial charge in [0.05, 0.1) is 0 Å². The first-order valence-electron chi connectivity index (χ1n) is 5.40. The predicted molar refractivity (Wildman–Crippen MR) is 58.7 cm³/mol. The van der Waals surface area contributed by atoms with Crippen LogP contribution >= 0.6 is 0 Å². The summed E-state index contributed by atoms with van der Waals surface area (Å²) in [5.41, 5.74) is 10.8. The van der Waals surface area contributed by atoms with Crippen LogP contribution < -0.4 is 11.5 Å². The lowest BCUT2D eigenvalue weighted by molar-refractivity contribution is 0.321. The van der Waals surface area contributed by atoms with Crippen LogP contribution in [0.15, 0.2) is 0 Å². The summed E-state index contributed by atoms with van der Waals surface area (Å²) < 4.78 is 0. The first-order valence-corrected chi connectivity index (χ1v) is 5.40. The molecule has 0 aliphatic carbocycles. The average molecular weight is 187 g/mol. The smallest absolute Gasteiger partial charge is 0.000977 e. The quantitative estimate of drug-likeness (QED) is 0.525. The number of hydrogen-bond donors (Lipinski definition) is 2. The molecular weight excluding hydrogens is 162 g/mol. The van der Waals surface area contributed by atoms with Gasteiger partial charge in [0.25, 0.3) is 0 Å². The standard InChI is InChI=1S/C10H25N3/c1-13(10-6-8-12)9-5-3-2-4-7-11/h2-12H2,1H3. The Morgan fingerprint density at radius 2 is 1.31 bits per heavy atom. The largest absolute Gasteiger partial charge is 0.330 e. The van der Waals surface area contributed by atoms with E-state index < -0.39 is 0 Å². The van der Waals surface area contributed by atoms with Crippen LogP contribution in [-0.4, -0.2) is 38.1 Å². The molecule has 0 atom stereocenters. The minimum Gasteiger partial charge on any atom is -0.330 e. The fraction of sp³-hybridized carbons (Fsp3) is 1.00. The van der Waals surface area contributed by atoms with Crippen molar-refractivity contribution in [3.63, 3.8) is 0 Å². The zero-order chi connectivity index (χ0) is 9.94. The predicted octanol–water partition coefficient (Wildman–Crippen LogP) is 0.786. The van der Waals surface area contributed by atoms with E-state index in [9.17, 15) is 0 Å². The molecule has 0 spiro atoms. The average Bonchev–Trinajstić information content (AvgIpc) is 2.14. The Balaban J connectivity index is 3.03. The molecule has 0 saturated heterocycles. The maximum absolute atomic E-state index is 5.43. The Morgan fingerprint density at radius 1 is 0.769 bits per heavy atom. The summed E-state index contributed by atoms with van der Waals surface area (Å²) in [4.78, 5) is 2.36. The fourth-order valence-corrected chi connectivity index (χ4v) is 1.35. The molecule has 0 aromatic rings. The van der Waals surface area contributed by atoms with Crippen LogP contribution in [0.3, 0.4) is 0 Å². The lowest BCUT2D eigenvalue weighted by Gasteiger charge is -2.15. The highest BCUT2D eigenvalue weighted by Crippen LogP contribution is 2.00. The van der Waals surface area contributed by atoms with Gasteiger partial charge in [0.2, 0.25) is 0 Å². The number of unbranched alkanes of at least 4 members (excludes halogenated alkanes) is 3. The van der Waals surface area contributed by atoms with Crippen LogP contribution in [0.25, 0.3) is 0 Å². The number of hydrogen-bond acceptors (Lipinski definition) is 3. The highest BCUT2D eigenvalue weighted by atomic mass is 15.1. The van der Waals surface area contributed by atoms with Crippen molar-refractivity contribution in [2.45, 2.75) is 32.1 Å². The Labute approximate surface area is 82.5 Å². The van der Waals surface area contributed by atoms with Gasteiger partial charge in [-0.25, -0.2) is 0 Å². The van der Waals surface area contributed by atoms with Crippen molar-refractivity contribution in [3.05, 3.63) is 0 Å². The molecule has 3 nitrogen and oxygen atoms in total. The molecule has 0 radical (unpaired) electrons. The maximum Gasteiger partial charge on any atom is -0.000977 e. The molecule has 0 aromatic heterocycles. The molecule has 0 bridgehead atoms. The molecule has 0 rings (SSSR count). The van der Waals surface area contributed by atoms with Gasteiger partial charge in [0.15, 0.2) is 0 Å². The van der Waals surface area contributed by atoms with E-state index in [2.05, 4.69) is 11.9 Å². The minimum atomic E-state index is 0.803. The van der Waals surface area contributed by atoms with Gasteiger partial charge in [-0.05, 0) is 52.5 Å². The van der Waals surface area contributed by atoms with E-state index in [0.29, 0.717) is 0 Å². The third-order valence-electron chi connectivity index (χ3n) is 2.24. The highest BCUT2D eigenvalue weighted by molar-refractivity contribution is 4.53. The van der Waals surface area contributed by atoms with Gasteiger partial charge in [-0.15, -0.1) is 0 Å². The molecule has 0 aliphatic heterocycles. The summed E-state index contributed by atoms with van der Waals surface area (Å²) in [5, 5.41) is 0. The normalized spacial score (nSPS) is 11.1. The number of nitrogens with two attached hydrogens (primary N) is 2. The third-order valence-corrected chi connectivity index (χ3v) is 2.24. The molecule has 0 aliphatic rings. The second-order valence-corrected chi connectivity index (χ2v) is 3.65. The van der Waals surface area contributed by atoms with Crippen LogP contribution in [0.4, 0.5) is 0 Å². The summed E-state index contributed by atoms with van der Waals surface area (Å²) in [6.45, 7) is 3.97. The second-order valence-electron chi connectivity index (χ2n) is 3.65. The Hall–Kier alpha value is -0.120. The van der Waals surface area contributed by atoms with Crippen LogP contribution in [-0.2, 0) is 0 Å². The third kappa shape index (κ3) is 9.80. The summed E-state index contributed by atoms with van der Waals surface area (Å²) in [6, 6.07) is 0. The number of rotatable bonds is 9. The monoisotopic (exact) mass is 187 g/mol. The van der Waals surface area contributed by atoms with Gasteiger partial charge in [-0.2, -0.15) is 0 Å². The summed E-state index contributed by atoms with van der Waals surface area (Å²) in [6.07, 6.45) is 6.16. The molecule has 13 heavy (non-hydrogen) atoms. The Morgan fingerprint density at radius 3 is 1.92 bits per heavy atom. The van der Waals surface area contributed by atoms with E-state index in [1.54, 1.807) is 0 Å². The molecule has 4 N–H and O–H groups in total. The Kier molecular flexibility index (Phi) is 9.87. The van der Waals surface area contributed by atoms with Crippen LogP contribution in [0.2, 0.25) is 0 Å². The van der Waals surface area contributed by atoms with Gasteiger partial charge in [0.1, 0.15) is 0 Å². The fourth-order valence-electron chi connectivity index (χ4n) is 1.35. The van der Waals surface area contributed by atoms with Crippen LogP contribution in [0, 0.1) is 0 Å². The van der Waals surface area contributed by atoms with E-state index >= 15 is 0 Å². The molecule has 0 fully saturated rings. The minimum absolute atomic E-state index is 0.803. The van der Waals surface area contributed by atoms with Gasteiger partial charge >= 0.3 is 0 Å². The highest BCUT2D eigenvalue weighted by Gasteiger charge is 1.96. The zero-order valence-electron chi connectivity index (χ0n) is 8.97. The molecular formula is C10H25N3. The first kappa shape index (κ1) is 12.9. The summed E-state index contributed by atoms with van der Waals surface area (Å²) in [7, 11) is 2.17. The molecule has 0 saturated carbocycles. The molecule has 0 amide bonds. The SMILES string of the molecule is CN(CCCN)CCCCCCN. The van der Waals surface area contributed by atoms with E-state index in [1.807, 2.05) is 0 Å². The van der Waals surface area contributed by atoms with E-state index in [4.69, 9.17) is 11.5 Å². The van der Waals surface area contributed by atoms with E-state index in [1.165, 1.54) is 32.2 Å². The topological polar surface area (TPSA) is 55.3 Å². The van der Waals surface area contributed by atoms with Gasteiger partial charge < -0.3 is 16.4 Å². The van der Waals surface area contributed by atoms with Gasteiger partial charge in [-0.3, -0.25) is 0 Å². The Bertz CT molecular complexity index is 96.2. The van der Waals surface area contributed by atoms with Crippen molar-refractivity contribution in [1.82, 2.24) is 4.90 Å². The lowest BCUT2D eigenvalue weighted by Crippen LogP contribution is -2.22. The summed E-state index contributed by atoms with van der Waals surface area (Å²) >= 11 is 0. The van der Waals surface area contributed by atoms with Crippen molar-refractivity contribution in [2.75, 3.05) is 33.2 Å². The molecule has 3 heteroatoms. The summed E-state index contributed by atoms with van der Waals surface area (Å²) in [5.74, 6) is 0. The van der Waals surface area contributed by atoms with Crippen LogP contribution in [0.5, 0.6) is 0 Å². The second kappa shape index (κ2) is 9.96. The zero-order valence-corrected chi connectivity index (χ0v) is 8.97. The van der Waals surface area contributed by atoms with Gasteiger partial charge in [0, 0.05) is 0 Å². The van der Waals surface area contributed by atoms with Crippen molar-refractivity contribution in [3.8, 4) is 0 Å². The first-order chi connectivity index (χ1) is 6.31. The van der Waals surface area contributed by atoms with Crippen molar-refractivity contribution in [2.24, 2.45) is 11.5 Å². The molecule has 0 heterocycles. The van der Waals surface area contributed by atoms with Crippen molar-refractivity contribution in [1.29, 1.82) is 0 Å². The molecule has 0 unspecified atom stereocenters. The van der Waals surface area contributed by atoms with Gasteiger partial charge in [-0.1, -0.05) is 12.8 Å². The van der Waals surface area contributed by atoms with Crippen molar-refractivity contribution < 1.29 is 0 Å². The van der Waals surface area contributed by atoms with E-state index in [-0.39, 0.29) is 0 Å². The van der Waals surface area contributed by atoms with E-state index in [0.717, 1.165) is 26.1 Å². The van der Waals surface area contributed by atoms with Crippen molar-refractivity contribution >= 4 is 0 Å². The lowest BCUT2D eigenvalue weighted by atomic mass is 10.2. The van der Waals surface area contributed by atoms with Crippen LogP contribution in [0.1, 0.15) is 32.1 Å².